The molecule has 3 aliphatic heterocycles. The standard InChI is InChI=1S/C19H22NO4S2.BrH/c1-20(2)12-9-11(10-13(20)17-16(12)24-17)23-18(21)19(22,14-5-3-7-25-14)15-6-4-8-26-15;/h3-8,11-13,16-17,22H,9-10H2,1-2H3;1H/q+1;/p-1/i1D3,2D3,9D2,10D2,11D,12D,13D,16D,17D;. The Hall–Kier alpha value is -0.770. The lowest BCUT2D eigenvalue weighted by molar-refractivity contribution is -0.938. The van der Waals surface area contributed by atoms with Crippen molar-refractivity contribution in [2.45, 2.75) is 48.6 Å². The summed E-state index contributed by atoms with van der Waals surface area (Å²) in [7, 11) is 0. The Bertz CT molecular complexity index is 1330. The van der Waals surface area contributed by atoms with Crippen molar-refractivity contribution in [2.24, 2.45) is 0 Å². The Balaban J connectivity index is 0.00000405. The monoisotopic (exact) mass is 486 g/mol. The number of piperidine rings is 1. The van der Waals surface area contributed by atoms with Crippen LogP contribution in [0.5, 0.6) is 0 Å². The molecule has 0 aromatic carbocycles. The highest BCUT2D eigenvalue weighted by Gasteiger charge is 2.71. The number of carbonyl (C=O) groups is 1. The lowest BCUT2D eigenvalue weighted by atomic mass is 9.95. The molecule has 5 rings (SSSR count). The molecule has 0 radical (unpaired) electrons. The summed E-state index contributed by atoms with van der Waals surface area (Å²) in [6.07, 6.45) is -19.8. The van der Waals surface area contributed by atoms with Crippen LogP contribution in [0.1, 0.15) is 43.1 Å². The van der Waals surface area contributed by atoms with Gasteiger partial charge in [-0.25, -0.2) is 4.79 Å². The van der Waals surface area contributed by atoms with Crippen LogP contribution < -0.4 is 17.0 Å². The third kappa shape index (κ3) is 2.84. The highest BCUT2D eigenvalue weighted by Crippen LogP contribution is 2.52. The van der Waals surface area contributed by atoms with Gasteiger partial charge in [-0.2, -0.15) is 0 Å². The first-order valence-corrected chi connectivity index (χ1v) is 9.19. The van der Waals surface area contributed by atoms with E-state index in [1.807, 2.05) is 0 Å². The van der Waals surface area contributed by atoms with Crippen molar-refractivity contribution in [3.8, 4) is 0 Å². The number of epoxide rings is 1. The van der Waals surface area contributed by atoms with Crippen molar-refractivity contribution >= 4 is 28.6 Å². The number of aliphatic hydroxyl groups is 1. The first kappa shape index (κ1) is 8.53. The maximum absolute atomic E-state index is 13.8. The van der Waals surface area contributed by atoms with Gasteiger partial charge in [0.1, 0.15) is 30.3 Å². The van der Waals surface area contributed by atoms with Gasteiger partial charge in [-0.1, -0.05) is 12.1 Å². The van der Waals surface area contributed by atoms with Crippen molar-refractivity contribution in [2.75, 3.05) is 14.0 Å². The molecule has 146 valence electrons. The third-order valence-corrected chi connectivity index (χ3v) is 6.14. The Labute approximate surface area is 198 Å². The molecule has 3 fully saturated rings. The van der Waals surface area contributed by atoms with Crippen LogP contribution in [0.3, 0.4) is 0 Å². The third-order valence-electron chi connectivity index (χ3n) is 4.18. The fraction of sp³-hybridized carbons (Fsp3) is 0.526. The summed E-state index contributed by atoms with van der Waals surface area (Å²) in [5.41, 5.74) is -2.78. The van der Waals surface area contributed by atoms with Crippen molar-refractivity contribution < 1.29 is 61.4 Å². The van der Waals surface area contributed by atoms with Gasteiger partial charge < -0.3 is 36.0 Å². The zero-order valence-electron chi connectivity index (χ0n) is 28.3. The van der Waals surface area contributed by atoms with E-state index in [9.17, 15) is 9.90 Å². The number of ether oxygens (including phenoxy) is 2. The minimum absolute atomic E-state index is 0. The van der Waals surface area contributed by atoms with Crippen molar-refractivity contribution in [3.05, 3.63) is 44.8 Å². The molecule has 5 heterocycles. The highest BCUT2D eigenvalue weighted by molar-refractivity contribution is 7.12. The molecule has 3 saturated heterocycles. The first-order chi connectivity index (χ1) is 18.3. The summed E-state index contributed by atoms with van der Waals surface area (Å²) in [6.45, 7) is -8.34. The Morgan fingerprint density at radius 3 is 2.30 bits per heavy atom. The molecular weight excluding hydrogens is 450 g/mol. The fourth-order valence-electron chi connectivity index (χ4n) is 2.84. The van der Waals surface area contributed by atoms with E-state index in [0.717, 1.165) is 22.7 Å². The molecule has 0 amide bonds. The molecule has 0 spiro atoms. The molecule has 8 heteroatoms. The number of thiophene rings is 2. The maximum atomic E-state index is 13.8. The molecule has 0 aliphatic carbocycles. The first-order valence-electron chi connectivity index (χ1n) is 14.9. The average molecular weight is 488 g/mol. The second-order valence-electron chi connectivity index (χ2n) is 5.76. The largest absolute Gasteiger partial charge is 1.00 e. The number of likely N-dealkylation sites (N-methyl/N-ethyl adjacent to an activating group) is 1. The van der Waals surface area contributed by atoms with Crippen molar-refractivity contribution in [3.63, 3.8) is 0 Å². The van der Waals surface area contributed by atoms with Crippen LogP contribution in [0.2, 0.25) is 0 Å². The summed E-state index contributed by atoms with van der Waals surface area (Å²) in [6, 6.07) is -2.87. The average Bonchev–Trinajstić information content (AvgIpc) is 3.32. The number of carbonyl (C=O) groups excluding carboxylic acids is 1. The van der Waals surface area contributed by atoms with Gasteiger partial charge in [0, 0.05) is 18.2 Å². The van der Waals surface area contributed by atoms with Crippen LogP contribution in [0.25, 0.3) is 0 Å². The van der Waals surface area contributed by atoms with E-state index in [-0.39, 0.29) is 26.7 Å². The van der Waals surface area contributed by atoms with E-state index in [1.165, 1.54) is 35.0 Å². The minimum atomic E-state index is -4.29. The zero-order valence-corrected chi connectivity index (χ0v) is 16.5. The quantitative estimate of drug-likeness (QED) is 0.354. The second kappa shape index (κ2) is 6.64. The zero-order chi connectivity index (χ0) is 31.3. The molecule has 2 aromatic heterocycles. The van der Waals surface area contributed by atoms with Crippen LogP contribution in [-0.2, 0) is 19.9 Å². The Morgan fingerprint density at radius 1 is 1.30 bits per heavy atom. The van der Waals surface area contributed by atoms with Crippen molar-refractivity contribution in [1.29, 1.82) is 0 Å². The lowest BCUT2D eigenvalue weighted by Crippen LogP contribution is -3.00. The van der Waals surface area contributed by atoms with Gasteiger partial charge >= 0.3 is 5.97 Å². The van der Waals surface area contributed by atoms with E-state index < -0.39 is 73.0 Å². The second-order valence-corrected chi connectivity index (χ2v) is 7.66. The van der Waals surface area contributed by atoms with E-state index in [0.29, 0.717) is 0 Å². The molecule has 4 atom stereocenters. The molecule has 27 heavy (non-hydrogen) atoms. The maximum Gasteiger partial charge on any atom is 0.349 e. The molecule has 1 N–H and O–H groups in total. The van der Waals surface area contributed by atoms with Crippen LogP contribution >= 0.6 is 22.7 Å². The van der Waals surface area contributed by atoms with Crippen molar-refractivity contribution in [1.82, 2.24) is 0 Å². The summed E-state index contributed by atoms with van der Waals surface area (Å²) in [5, 5.41) is 14.6. The molecule has 4 unspecified atom stereocenters. The molecule has 3 aliphatic rings. The number of fused-ring (bicyclic) bond motifs is 5. The fourth-order valence-corrected chi connectivity index (χ4v) is 4.56. The predicted molar refractivity (Wildman–Crippen MR) is 99.1 cm³/mol. The van der Waals surface area contributed by atoms with Gasteiger partial charge in [-0.05, 0) is 22.9 Å². The number of quaternary nitrogens is 1. The Morgan fingerprint density at radius 2 is 1.85 bits per heavy atom. The minimum Gasteiger partial charge on any atom is -1.00 e. The number of rotatable bonds is 4. The molecule has 2 aromatic rings. The molecule has 5 nitrogen and oxygen atoms in total. The topological polar surface area (TPSA) is 59.1 Å². The highest BCUT2D eigenvalue weighted by atomic mass is 79.9. The van der Waals surface area contributed by atoms with E-state index in [2.05, 4.69) is 0 Å². The molecule has 0 saturated carbocycles. The smallest absolute Gasteiger partial charge is 0.349 e. The molecular formula is C19H22BrNO4S2. The van der Waals surface area contributed by atoms with Crippen LogP contribution in [0, 0.1) is 0 Å². The van der Waals surface area contributed by atoms with E-state index >= 15 is 0 Å². The van der Waals surface area contributed by atoms with Gasteiger partial charge in [0.2, 0.25) is 5.60 Å². The van der Waals surface area contributed by atoms with Crippen LogP contribution in [0.15, 0.2) is 35.0 Å². The summed E-state index contributed by atoms with van der Waals surface area (Å²) < 4.78 is 136. The van der Waals surface area contributed by atoms with E-state index in [1.54, 1.807) is 0 Å². The van der Waals surface area contributed by atoms with Gasteiger partial charge in [0.05, 0.1) is 38.8 Å². The van der Waals surface area contributed by atoms with Gasteiger partial charge in [-0.3, -0.25) is 0 Å². The SMILES string of the molecule is [2H]C1([2H])C([2H])(OC(=O)C(O)(c2cccs2)c2cccs2)C([2H])([2H])C2([2H])C3([2H])OC3([2H])C1([2H])[N+]2(C([2H])([2H])[2H])C([2H])([2H])[2H].[Br-]. The summed E-state index contributed by atoms with van der Waals surface area (Å²) >= 11 is 1.69. The Kier molecular flexibility index (Phi) is 2.10. The van der Waals surface area contributed by atoms with Gasteiger partial charge in [0.15, 0.2) is 0 Å². The van der Waals surface area contributed by atoms with E-state index in [4.69, 9.17) is 30.0 Å². The lowest BCUT2D eigenvalue weighted by Gasteiger charge is -2.45. The van der Waals surface area contributed by atoms with Gasteiger partial charge in [0.25, 0.3) is 0 Å². The summed E-state index contributed by atoms with van der Waals surface area (Å²) in [4.78, 5) is 13.6. The van der Waals surface area contributed by atoms with Crippen LogP contribution in [0.4, 0.5) is 0 Å². The number of hydrogen-bond acceptors (Lipinski definition) is 6. The number of morpholine rings is 1. The van der Waals surface area contributed by atoms with Crippen LogP contribution in [-0.4, -0.2) is 59.8 Å². The predicted octanol–water partition coefficient (Wildman–Crippen LogP) is -0.650. The van der Waals surface area contributed by atoms with Gasteiger partial charge in [-0.15, -0.1) is 22.7 Å². The summed E-state index contributed by atoms with van der Waals surface area (Å²) in [5.74, 6) is -1.85. The number of hydrogen-bond donors (Lipinski definition) is 1. The normalized spacial score (nSPS) is 59.5. The molecule has 2 bridgehead atoms. The number of esters is 1. The number of nitrogens with zero attached hydrogens (tertiary/aromatic N) is 1. The number of halogens is 1.